The van der Waals surface area contributed by atoms with E-state index in [1.807, 2.05) is 24.1 Å². The molecule has 0 aliphatic carbocycles. The van der Waals surface area contributed by atoms with Crippen LogP contribution in [0.5, 0.6) is 0 Å². The van der Waals surface area contributed by atoms with Gasteiger partial charge in [0, 0.05) is 25.1 Å². The number of rotatable bonds is 3. The van der Waals surface area contributed by atoms with E-state index in [1.165, 1.54) is 0 Å². The molecular weight excluding hydrogens is 239 g/mol. The van der Waals surface area contributed by atoms with E-state index in [9.17, 15) is 0 Å². The summed E-state index contributed by atoms with van der Waals surface area (Å²) in [5.41, 5.74) is 0. The highest BCUT2D eigenvalue weighted by Crippen LogP contribution is 2.20. The molecule has 0 aliphatic rings. The number of anilines is 1. The fourth-order valence-electron chi connectivity index (χ4n) is 0.891. The SMILES string of the molecule is CN(CCBr)c1ncccc1Cl. The first-order valence-electron chi connectivity index (χ1n) is 3.63. The molecule has 66 valence electrons. The molecule has 0 aliphatic heterocycles. The highest BCUT2D eigenvalue weighted by Gasteiger charge is 2.04. The van der Waals surface area contributed by atoms with E-state index in [0.29, 0.717) is 5.02 Å². The third-order valence-electron chi connectivity index (χ3n) is 1.52. The smallest absolute Gasteiger partial charge is 0.147 e. The van der Waals surface area contributed by atoms with Crippen molar-refractivity contribution in [3.8, 4) is 0 Å². The summed E-state index contributed by atoms with van der Waals surface area (Å²) in [5, 5.41) is 1.61. The van der Waals surface area contributed by atoms with Crippen LogP contribution in [0.2, 0.25) is 5.02 Å². The van der Waals surface area contributed by atoms with Gasteiger partial charge in [-0.2, -0.15) is 0 Å². The first-order chi connectivity index (χ1) is 5.75. The van der Waals surface area contributed by atoms with E-state index < -0.39 is 0 Å². The van der Waals surface area contributed by atoms with E-state index in [0.717, 1.165) is 17.7 Å². The van der Waals surface area contributed by atoms with Crippen molar-refractivity contribution in [2.24, 2.45) is 0 Å². The van der Waals surface area contributed by atoms with Gasteiger partial charge < -0.3 is 4.90 Å². The molecule has 12 heavy (non-hydrogen) atoms. The number of aromatic nitrogens is 1. The van der Waals surface area contributed by atoms with Gasteiger partial charge in [-0.05, 0) is 12.1 Å². The average Bonchev–Trinajstić information content (AvgIpc) is 2.05. The highest BCUT2D eigenvalue weighted by molar-refractivity contribution is 9.09. The van der Waals surface area contributed by atoms with Crippen LogP contribution in [0.3, 0.4) is 0 Å². The molecule has 0 amide bonds. The van der Waals surface area contributed by atoms with Gasteiger partial charge in [0.25, 0.3) is 0 Å². The minimum atomic E-state index is 0.695. The summed E-state index contributed by atoms with van der Waals surface area (Å²) in [4.78, 5) is 6.18. The predicted molar refractivity (Wildman–Crippen MR) is 56.3 cm³/mol. The number of alkyl halides is 1. The zero-order valence-electron chi connectivity index (χ0n) is 6.80. The van der Waals surface area contributed by atoms with Crippen LogP contribution >= 0.6 is 27.5 Å². The predicted octanol–water partition coefficient (Wildman–Crippen LogP) is 2.57. The summed E-state index contributed by atoms with van der Waals surface area (Å²) < 4.78 is 0. The Kier molecular flexibility index (Phi) is 3.82. The Balaban J connectivity index is 2.79. The van der Waals surface area contributed by atoms with Crippen LogP contribution in [0.4, 0.5) is 5.82 Å². The number of hydrogen-bond donors (Lipinski definition) is 0. The van der Waals surface area contributed by atoms with Crippen LogP contribution in [0, 0.1) is 0 Å². The van der Waals surface area contributed by atoms with Crippen molar-refractivity contribution in [3.63, 3.8) is 0 Å². The molecule has 1 aromatic heterocycles. The Bertz CT molecular complexity index is 255. The molecule has 0 spiro atoms. The lowest BCUT2D eigenvalue weighted by Gasteiger charge is -2.17. The van der Waals surface area contributed by atoms with E-state index in [2.05, 4.69) is 20.9 Å². The van der Waals surface area contributed by atoms with Crippen LogP contribution in [0.1, 0.15) is 0 Å². The number of nitrogens with zero attached hydrogens (tertiary/aromatic N) is 2. The molecule has 0 aromatic carbocycles. The van der Waals surface area contributed by atoms with E-state index >= 15 is 0 Å². The van der Waals surface area contributed by atoms with E-state index in [4.69, 9.17) is 11.6 Å². The lowest BCUT2D eigenvalue weighted by atomic mass is 10.4. The molecule has 0 saturated heterocycles. The molecule has 1 rings (SSSR count). The Labute approximate surface area is 85.7 Å². The third kappa shape index (κ3) is 2.35. The van der Waals surface area contributed by atoms with E-state index in [1.54, 1.807) is 6.20 Å². The van der Waals surface area contributed by atoms with Crippen molar-refractivity contribution in [1.29, 1.82) is 0 Å². The van der Waals surface area contributed by atoms with E-state index in [-0.39, 0.29) is 0 Å². The maximum Gasteiger partial charge on any atom is 0.147 e. The van der Waals surface area contributed by atoms with Crippen molar-refractivity contribution in [2.75, 3.05) is 23.8 Å². The number of halogens is 2. The van der Waals surface area contributed by atoms with Gasteiger partial charge in [0.15, 0.2) is 0 Å². The van der Waals surface area contributed by atoms with Crippen molar-refractivity contribution in [3.05, 3.63) is 23.4 Å². The Morgan fingerprint density at radius 2 is 2.42 bits per heavy atom. The van der Waals surface area contributed by atoms with Gasteiger partial charge >= 0.3 is 0 Å². The van der Waals surface area contributed by atoms with Gasteiger partial charge in [-0.1, -0.05) is 27.5 Å². The van der Waals surface area contributed by atoms with Gasteiger partial charge in [0.05, 0.1) is 5.02 Å². The molecule has 2 nitrogen and oxygen atoms in total. The van der Waals surface area contributed by atoms with Crippen LogP contribution in [-0.4, -0.2) is 23.9 Å². The van der Waals surface area contributed by atoms with Crippen LogP contribution in [0.15, 0.2) is 18.3 Å². The molecule has 0 unspecified atom stereocenters. The van der Waals surface area contributed by atoms with Gasteiger partial charge in [-0.3, -0.25) is 0 Å². The summed E-state index contributed by atoms with van der Waals surface area (Å²) in [6.45, 7) is 0.900. The molecule has 0 fully saturated rings. The minimum absolute atomic E-state index is 0.695. The van der Waals surface area contributed by atoms with Crippen LogP contribution < -0.4 is 4.90 Å². The Hall–Kier alpha value is -0.280. The third-order valence-corrected chi connectivity index (χ3v) is 2.17. The summed E-state index contributed by atoms with van der Waals surface area (Å²) in [6, 6.07) is 3.67. The second-order valence-electron chi connectivity index (χ2n) is 2.42. The van der Waals surface area contributed by atoms with Crippen molar-refractivity contribution in [2.45, 2.75) is 0 Å². The quantitative estimate of drug-likeness (QED) is 0.766. The normalized spacial score (nSPS) is 9.92. The molecule has 0 N–H and O–H groups in total. The summed E-state index contributed by atoms with van der Waals surface area (Å²) in [6.07, 6.45) is 1.74. The topological polar surface area (TPSA) is 16.1 Å². The van der Waals surface area contributed by atoms with Gasteiger partial charge in [0.2, 0.25) is 0 Å². The molecule has 0 saturated carbocycles. The zero-order valence-corrected chi connectivity index (χ0v) is 9.14. The first kappa shape index (κ1) is 9.81. The van der Waals surface area contributed by atoms with Gasteiger partial charge in [-0.15, -0.1) is 0 Å². The summed E-state index contributed by atoms with van der Waals surface area (Å²) in [5.74, 6) is 0.832. The number of hydrogen-bond acceptors (Lipinski definition) is 2. The number of pyridine rings is 1. The Morgan fingerprint density at radius 1 is 1.67 bits per heavy atom. The largest absolute Gasteiger partial charge is 0.358 e. The van der Waals surface area contributed by atoms with Crippen molar-refractivity contribution >= 4 is 33.3 Å². The first-order valence-corrected chi connectivity index (χ1v) is 5.13. The lowest BCUT2D eigenvalue weighted by molar-refractivity contribution is 0.951. The van der Waals surface area contributed by atoms with Crippen LogP contribution in [0.25, 0.3) is 0 Å². The second kappa shape index (κ2) is 4.67. The maximum absolute atomic E-state index is 5.94. The van der Waals surface area contributed by atoms with Gasteiger partial charge in [0.1, 0.15) is 5.82 Å². The second-order valence-corrected chi connectivity index (χ2v) is 3.62. The maximum atomic E-state index is 5.94. The van der Waals surface area contributed by atoms with Crippen molar-refractivity contribution < 1.29 is 0 Å². The standard InChI is InChI=1S/C8H10BrClN2/c1-12(6-4-9)8-7(10)3-2-5-11-8/h2-3,5H,4,6H2,1H3. The fraction of sp³-hybridized carbons (Fsp3) is 0.375. The molecular formula is C8H10BrClN2. The lowest BCUT2D eigenvalue weighted by Crippen LogP contribution is -2.20. The highest BCUT2D eigenvalue weighted by atomic mass is 79.9. The fourth-order valence-corrected chi connectivity index (χ4v) is 1.69. The Morgan fingerprint density at radius 3 is 3.00 bits per heavy atom. The van der Waals surface area contributed by atoms with Crippen molar-refractivity contribution in [1.82, 2.24) is 4.98 Å². The molecule has 0 atom stereocenters. The summed E-state index contributed by atoms with van der Waals surface area (Å²) in [7, 11) is 1.97. The molecule has 1 heterocycles. The van der Waals surface area contributed by atoms with Crippen LogP contribution in [-0.2, 0) is 0 Å². The summed E-state index contributed by atoms with van der Waals surface area (Å²) >= 11 is 9.29. The molecule has 0 radical (unpaired) electrons. The molecule has 0 bridgehead atoms. The zero-order chi connectivity index (χ0) is 8.97. The molecule has 1 aromatic rings. The molecule has 4 heteroatoms. The monoisotopic (exact) mass is 248 g/mol. The average molecular weight is 250 g/mol. The van der Waals surface area contributed by atoms with Gasteiger partial charge in [-0.25, -0.2) is 4.98 Å². The minimum Gasteiger partial charge on any atom is -0.358 e.